The molecule has 0 saturated heterocycles. The minimum absolute atomic E-state index is 0.0338. The van der Waals surface area contributed by atoms with E-state index in [1.54, 1.807) is 31.2 Å². The fourth-order valence-electron chi connectivity index (χ4n) is 1.90. The van der Waals surface area contributed by atoms with E-state index in [0.717, 1.165) is 5.69 Å². The largest absolute Gasteiger partial charge is 0.349 e. The summed E-state index contributed by atoms with van der Waals surface area (Å²) in [5.74, 6) is 0.765. The molecule has 0 aliphatic heterocycles. The number of nitriles is 1. The molecule has 1 aromatic heterocycles. The Balaban J connectivity index is 2.26. The molecule has 1 heterocycles. The molecule has 112 valence electrons. The van der Waals surface area contributed by atoms with Crippen molar-refractivity contribution in [2.24, 2.45) is 0 Å². The van der Waals surface area contributed by atoms with Crippen LogP contribution in [0.2, 0.25) is 0 Å². The van der Waals surface area contributed by atoms with Crippen molar-refractivity contribution < 1.29 is 4.79 Å². The average molecular weight is 295 g/mol. The summed E-state index contributed by atoms with van der Waals surface area (Å²) < 4.78 is 0. The lowest BCUT2D eigenvalue weighted by Gasteiger charge is -2.10. The molecule has 1 aromatic carbocycles. The molecule has 0 saturated carbocycles. The number of carbonyl (C=O) groups is 1. The lowest BCUT2D eigenvalue weighted by Crippen LogP contribution is -2.31. The summed E-state index contributed by atoms with van der Waals surface area (Å²) in [6.07, 6.45) is 0. The van der Waals surface area contributed by atoms with Gasteiger partial charge >= 0.3 is 0 Å². The zero-order valence-electron chi connectivity index (χ0n) is 12.7. The molecule has 0 radical (unpaired) electrons. The number of nitrogens with zero attached hydrogens (tertiary/aromatic N) is 3. The van der Waals surface area contributed by atoms with Gasteiger partial charge in [-0.25, -0.2) is 9.97 Å². The Hall–Kier alpha value is -2.94. The van der Waals surface area contributed by atoms with Crippen molar-refractivity contribution >= 4 is 17.4 Å². The molecule has 0 aliphatic carbocycles. The fourth-order valence-corrected chi connectivity index (χ4v) is 1.90. The Morgan fingerprint density at radius 1 is 1.27 bits per heavy atom. The first-order valence-electron chi connectivity index (χ1n) is 6.91. The van der Waals surface area contributed by atoms with E-state index in [0.29, 0.717) is 22.9 Å². The number of benzene rings is 1. The Labute approximate surface area is 129 Å². The van der Waals surface area contributed by atoms with Gasteiger partial charge in [0.15, 0.2) is 0 Å². The van der Waals surface area contributed by atoms with Gasteiger partial charge in [0, 0.05) is 17.8 Å². The first kappa shape index (κ1) is 15.4. The molecule has 0 unspecified atom stereocenters. The summed E-state index contributed by atoms with van der Waals surface area (Å²) in [5, 5.41) is 14.8. The van der Waals surface area contributed by atoms with Crippen LogP contribution < -0.4 is 10.6 Å². The lowest BCUT2D eigenvalue weighted by atomic mass is 10.2. The number of nitrogens with one attached hydrogen (secondary N) is 2. The quantitative estimate of drug-likeness (QED) is 0.904. The highest BCUT2D eigenvalue weighted by Gasteiger charge is 2.11. The summed E-state index contributed by atoms with van der Waals surface area (Å²) in [5.41, 5.74) is 1.58. The molecule has 1 amide bonds. The van der Waals surface area contributed by atoms with Gasteiger partial charge in [-0.05, 0) is 39.0 Å². The van der Waals surface area contributed by atoms with Gasteiger partial charge in [-0.3, -0.25) is 4.79 Å². The minimum Gasteiger partial charge on any atom is -0.349 e. The molecular formula is C16H17N5O. The molecule has 2 N–H and O–H groups in total. The standard InChI is InChI=1S/C16H17N5O/c1-10(2)18-16(22)14-8-15(20-11(3)19-14)21-13-6-4-5-12(7-13)9-17/h4-8,10H,1-3H3,(H,18,22)(H,19,20,21). The van der Waals surface area contributed by atoms with Crippen LogP contribution in [0.1, 0.15) is 35.7 Å². The van der Waals surface area contributed by atoms with Gasteiger partial charge < -0.3 is 10.6 Å². The maximum atomic E-state index is 12.0. The Morgan fingerprint density at radius 2 is 2.05 bits per heavy atom. The number of anilines is 2. The molecule has 22 heavy (non-hydrogen) atoms. The van der Waals surface area contributed by atoms with Crippen molar-refractivity contribution in [3.05, 3.63) is 47.4 Å². The first-order chi connectivity index (χ1) is 10.5. The maximum absolute atomic E-state index is 12.0. The highest BCUT2D eigenvalue weighted by Crippen LogP contribution is 2.16. The van der Waals surface area contributed by atoms with E-state index in [2.05, 4.69) is 26.7 Å². The predicted octanol–water partition coefficient (Wildman–Crippen LogP) is 2.54. The smallest absolute Gasteiger partial charge is 0.270 e. The van der Waals surface area contributed by atoms with Crippen molar-refractivity contribution in [3.8, 4) is 6.07 Å². The lowest BCUT2D eigenvalue weighted by molar-refractivity contribution is 0.0937. The van der Waals surface area contributed by atoms with E-state index >= 15 is 0 Å². The Morgan fingerprint density at radius 3 is 2.73 bits per heavy atom. The summed E-state index contributed by atoms with van der Waals surface area (Å²) in [7, 11) is 0. The zero-order chi connectivity index (χ0) is 16.1. The van der Waals surface area contributed by atoms with Gasteiger partial charge in [-0.15, -0.1) is 0 Å². The molecule has 0 spiro atoms. The second-order valence-corrected chi connectivity index (χ2v) is 5.13. The van der Waals surface area contributed by atoms with Crippen LogP contribution >= 0.6 is 0 Å². The second kappa shape index (κ2) is 6.68. The molecular weight excluding hydrogens is 278 g/mol. The van der Waals surface area contributed by atoms with E-state index in [-0.39, 0.29) is 11.9 Å². The van der Waals surface area contributed by atoms with Crippen LogP contribution in [0.4, 0.5) is 11.5 Å². The van der Waals surface area contributed by atoms with Crippen LogP contribution in [0, 0.1) is 18.3 Å². The van der Waals surface area contributed by atoms with Crippen LogP contribution in [-0.4, -0.2) is 21.9 Å². The summed E-state index contributed by atoms with van der Waals surface area (Å²) in [6, 6.07) is 10.7. The molecule has 0 aliphatic rings. The highest BCUT2D eigenvalue weighted by atomic mass is 16.1. The Bertz CT molecular complexity index is 734. The van der Waals surface area contributed by atoms with Crippen LogP contribution in [0.3, 0.4) is 0 Å². The van der Waals surface area contributed by atoms with E-state index in [9.17, 15) is 4.79 Å². The molecule has 0 fully saturated rings. The van der Waals surface area contributed by atoms with E-state index < -0.39 is 0 Å². The number of aryl methyl sites for hydroxylation is 1. The van der Waals surface area contributed by atoms with Crippen molar-refractivity contribution in [2.45, 2.75) is 26.8 Å². The normalized spacial score (nSPS) is 10.1. The summed E-state index contributed by atoms with van der Waals surface area (Å²) >= 11 is 0. The third-order valence-electron chi connectivity index (χ3n) is 2.75. The molecule has 6 heteroatoms. The van der Waals surface area contributed by atoms with Crippen LogP contribution in [0.15, 0.2) is 30.3 Å². The van der Waals surface area contributed by atoms with Gasteiger partial charge in [0.05, 0.1) is 11.6 Å². The molecule has 6 nitrogen and oxygen atoms in total. The van der Waals surface area contributed by atoms with Crippen molar-refractivity contribution in [3.63, 3.8) is 0 Å². The molecule has 0 bridgehead atoms. The van der Waals surface area contributed by atoms with Gasteiger partial charge in [-0.1, -0.05) is 6.07 Å². The highest BCUT2D eigenvalue weighted by molar-refractivity contribution is 5.93. The topological polar surface area (TPSA) is 90.7 Å². The zero-order valence-corrected chi connectivity index (χ0v) is 12.7. The number of hydrogen-bond donors (Lipinski definition) is 2. The van der Waals surface area contributed by atoms with Crippen LogP contribution in [0.5, 0.6) is 0 Å². The SMILES string of the molecule is Cc1nc(Nc2cccc(C#N)c2)cc(C(=O)NC(C)C)n1. The number of hydrogen-bond acceptors (Lipinski definition) is 5. The average Bonchev–Trinajstić information content (AvgIpc) is 2.46. The van der Waals surface area contributed by atoms with Crippen molar-refractivity contribution in [1.82, 2.24) is 15.3 Å². The van der Waals surface area contributed by atoms with Gasteiger partial charge in [0.25, 0.3) is 5.91 Å². The van der Waals surface area contributed by atoms with Gasteiger partial charge in [0.1, 0.15) is 17.3 Å². The third kappa shape index (κ3) is 4.03. The van der Waals surface area contributed by atoms with E-state index in [4.69, 9.17) is 5.26 Å². The van der Waals surface area contributed by atoms with Crippen molar-refractivity contribution in [1.29, 1.82) is 5.26 Å². The third-order valence-corrected chi connectivity index (χ3v) is 2.75. The van der Waals surface area contributed by atoms with Crippen LogP contribution in [0.25, 0.3) is 0 Å². The maximum Gasteiger partial charge on any atom is 0.270 e. The monoisotopic (exact) mass is 295 g/mol. The van der Waals surface area contributed by atoms with Gasteiger partial charge in [-0.2, -0.15) is 5.26 Å². The molecule has 2 rings (SSSR count). The summed E-state index contributed by atoms with van der Waals surface area (Å²) in [6.45, 7) is 5.50. The fraction of sp³-hybridized carbons (Fsp3) is 0.250. The molecule has 0 atom stereocenters. The van der Waals surface area contributed by atoms with Crippen molar-refractivity contribution in [2.75, 3.05) is 5.32 Å². The number of aromatic nitrogens is 2. The van der Waals surface area contributed by atoms with E-state index in [1.807, 2.05) is 19.9 Å². The number of amides is 1. The second-order valence-electron chi connectivity index (χ2n) is 5.13. The van der Waals surface area contributed by atoms with Crippen LogP contribution in [-0.2, 0) is 0 Å². The summed E-state index contributed by atoms with van der Waals surface area (Å²) in [4.78, 5) is 20.4. The van der Waals surface area contributed by atoms with E-state index in [1.165, 1.54) is 0 Å². The first-order valence-corrected chi connectivity index (χ1v) is 6.91. The van der Waals surface area contributed by atoms with Gasteiger partial charge in [0.2, 0.25) is 0 Å². The number of carbonyl (C=O) groups excluding carboxylic acids is 1. The predicted molar refractivity (Wildman–Crippen MR) is 83.8 cm³/mol. The number of rotatable bonds is 4. The minimum atomic E-state index is -0.241. The molecule has 2 aromatic rings. The Kier molecular flexibility index (Phi) is 4.69.